The van der Waals surface area contributed by atoms with Crippen molar-refractivity contribution in [1.82, 2.24) is 4.90 Å². The quantitative estimate of drug-likeness (QED) is 0.920. The fourth-order valence-electron chi connectivity index (χ4n) is 3.51. The van der Waals surface area contributed by atoms with Crippen molar-refractivity contribution in [3.63, 3.8) is 0 Å². The fraction of sp³-hybridized carbons (Fsp3) is 0.533. The Hall–Kier alpha value is -1.40. The van der Waals surface area contributed by atoms with Crippen molar-refractivity contribution in [2.75, 3.05) is 18.8 Å². The third kappa shape index (κ3) is 2.82. The van der Waals surface area contributed by atoms with Crippen LogP contribution in [0.2, 0.25) is 0 Å². The summed E-state index contributed by atoms with van der Waals surface area (Å²) in [5, 5.41) is 8.90. The Balaban J connectivity index is 1.83. The standard InChI is InChI=1S/C15H19NO4S/c17-15(18)9-11-5-7-16(10-11)13-6-8-21(19,20)14-4-2-1-3-12(13)14/h1-4,11,13H,5-10H2,(H,17,18). The minimum atomic E-state index is -3.16. The van der Waals surface area contributed by atoms with Crippen molar-refractivity contribution < 1.29 is 18.3 Å². The lowest BCUT2D eigenvalue weighted by molar-refractivity contribution is -0.138. The molecule has 6 heteroatoms. The van der Waals surface area contributed by atoms with Gasteiger partial charge >= 0.3 is 5.97 Å². The maximum atomic E-state index is 12.1. The lowest BCUT2D eigenvalue weighted by Gasteiger charge is -2.33. The third-order valence-corrected chi connectivity index (χ3v) is 6.31. The van der Waals surface area contributed by atoms with E-state index in [4.69, 9.17) is 5.11 Å². The largest absolute Gasteiger partial charge is 0.481 e. The van der Waals surface area contributed by atoms with Crippen LogP contribution >= 0.6 is 0 Å². The van der Waals surface area contributed by atoms with Crippen molar-refractivity contribution in [2.24, 2.45) is 5.92 Å². The first-order valence-electron chi connectivity index (χ1n) is 7.25. The fourth-order valence-corrected chi connectivity index (χ4v) is 5.11. The van der Waals surface area contributed by atoms with Gasteiger partial charge in [0.25, 0.3) is 0 Å². The molecule has 114 valence electrons. The summed E-state index contributed by atoms with van der Waals surface area (Å²) in [6.07, 6.45) is 1.67. The van der Waals surface area contributed by atoms with Gasteiger partial charge in [-0.15, -0.1) is 0 Å². The number of hydrogen-bond donors (Lipinski definition) is 1. The van der Waals surface area contributed by atoms with E-state index in [0.717, 1.165) is 25.1 Å². The van der Waals surface area contributed by atoms with Gasteiger partial charge in [-0.05, 0) is 36.9 Å². The summed E-state index contributed by atoms with van der Waals surface area (Å²) in [5.41, 5.74) is 0.875. The summed E-state index contributed by atoms with van der Waals surface area (Å²) in [6.45, 7) is 1.59. The molecule has 0 saturated carbocycles. The first-order chi connectivity index (χ1) is 9.97. The van der Waals surface area contributed by atoms with Gasteiger partial charge in [-0.25, -0.2) is 8.42 Å². The van der Waals surface area contributed by atoms with E-state index in [1.807, 2.05) is 12.1 Å². The smallest absolute Gasteiger partial charge is 0.303 e. The molecule has 2 atom stereocenters. The molecule has 5 nitrogen and oxygen atoms in total. The molecule has 0 aliphatic carbocycles. The molecule has 0 bridgehead atoms. The minimum Gasteiger partial charge on any atom is -0.481 e. The second-order valence-electron chi connectivity index (χ2n) is 5.91. The van der Waals surface area contributed by atoms with Crippen LogP contribution < -0.4 is 0 Å². The van der Waals surface area contributed by atoms with Crippen molar-refractivity contribution >= 4 is 15.8 Å². The summed E-state index contributed by atoms with van der Waals surface area (Å²) in [6, 6.07) is 7.31. The second-order valence-corrected chi connectivity index (χ2v) is 7.99. The van der Waals surface area contributed by atoms with Gasteiger partial charge in [-0.1, -0.05) is 18.2 Å². The highest BCUT2D eigenvalue weighted by Gasteiger charge is 2.36. The van der Waals surface area contributed by atoms with Crippen molar-refractivity contribution in [3.05, 3.63) is 29.8 Å². The molecule has 1 saturated heterocycles. The van der Waals surface area contributed by atoms with Crippen LogP contribution in [0.1, 0.15) is 30.9 Å². The molecule has 0 aromatic heterocycles. The molecule has 2 unspecified atom stereocenters. The summed E-state index contributed by atoms with van der Waals surface area (Å²) >= 11 is 0. The number of fused-ring (bicyclic) bond motifs is 1. The molecule has 1 fully saturated rings. The minimum absolute atomic E-state index is 0.100. The van der Waals surface area contributed by atoms with Crippen LogP contribution in [0.15, 0.2) is 29.2 Å². The van der Waals surface area contributed by atoms with Gasteiger partial charge in [0.05, 0.1) is 10.6 Å². The van der Waals surface area contributed by atoms with Gasteiger partial charge in [-0.3, -0.25) is 9.69 Å². The molecule has 2 aliphatic rings. The maximum absolute atomic E-state index is 12.1. The van der Waals surface area contributed by atoms with E-state index < -0.39 is 15.8 Å². The third-order valence-electron chi connectivity index (χ3n) is 4.49. The van der Waals surface area contributed by atoms with E-state index in [0.29, 0.717) is 11.3 Å². The topological polar surface area (TPSA) is 74.7 Å². The molecule has 0 spiro atoms. The number of carboxylic acids is 1. The van der Waals surface area contributed by atoms with Gasteiger partial charge in [-0.2, -0.15) is 0 Å². The Bertz CT molecular complexity index is 655. The molecular formula is C15H19NO4S. The highest BCUT2D eigenvalue weighted by atomic mass is 32.2. The van der Waals surface area contributed by atoms with Crippen molar-refractivity contribution in [2.45, 2.75) is 30.2 Å². The molecule has 0 amide bonds. The summed E-state index contributed by atoms with van der Waals surface area (Å²) in [7, 11) is -3.16. The Kier molecular flexibility index (Phi) is 3.75. The predicted octanol–water partition coefficient (Wildman–Crippen LogP) is 1.70. The monoisotopic (exact) mass is 309 g/mol. The zero-order chi connectivity index (χ0) is 15.0. The van der Waals surface area contributed by atoms with Crippen LogP contribution in [-0.4, -0.2) is 43.2 Å². The molecule has 2 heterocycles. The zero-order valence-electron chi connectivity index (χ0n) is 11.7. The number of aliphatic carboxylic acids is 1. The van der Waals surface area contributed by atoms with Crippen LogP contribution in [0.3, 0.4) is 0 Å². The van der Waals surface area contributed by atoms with E-state index in [1.54, 1.807) is 12.1 Å². The molecule has 3 rings (SSSR count). The zero-order valence-corrected chi connectivity index (χ0v) is 12.6. The molecule has 0 radical (unpaired) electrons. The predicted molar refractivity (Wildman–Crippen MR) is 77.8 cm³/mol. The second kappa shape index (κ2) is 5.42. The molecule has 1 aromatic carbocycles. The normalized spacial score (nSPS) is 28.2. The van der Waals surface area contributed by atoms with E-state index >= 15 is 0 Å². The van der Waals surface area contributed by atoms with Crippen LogP contribution in [0, 0.1) is 5.92 Å². The number of sulfone groups is 1. The van der Waals surface area contributed by atoms with Gasteiger partial charge < -0.3 is 5.11 Å². The van der Waals surface area contributed by atoms with Crippen LogP contribution in [0.5, 0.6) is 0 Å². The Labute approximate surface area is 124 Å². The van der Waals surface area contributed by atoms with Crippen molar-refractivity contribution in [1.29, 1.82) is 0 Å². The number of hydrogen-bond acceptors (Lipinski definition) is 4. The summed E-state index contributed by atoms with van der Waals surface area (Å²) in [4.78, 5) is 13.5. The van der Waals surface area contributed by atoms with Crippen molar-refractivity contribution in [3.8, 4) is 0 Å². The Morgan fingerprint density at radius 1 is 1.29 bits per heavy atom. The average Bonchev–Trinajstić information content (AvgIpc) is 2.86. The average molecular weight is 309 g/mol. The SMILES string of the molecule is O=C(O)CC1CCN(C2CCS(=O)(=O)c3ccccc32)C1. The lowest BCUT2D eigenvalue weighted by Crippen LogP contribution is -2.33. The van der Waals surface area contributed by atoms with E-state index in [9.17, 15) is 13.2 Å². The van der Waals surface area contributed by atoms with E-state index in [2.05, 4.69) is 4.90 Å². The van der Waals surface area contributed by atoms with Crippen LogP contribution in [0.25, 0.3) is 0 Å². The highest BCUT2D eigenvalue weighted by Crippen LogP contribution is 2.38. The van der Waals surface area contributed by atoms with Crippen LogP contribution in [-0.2, 0) is 14.6 Å². The summed E-state index contributed by atoms with van der Waals surface area (Å²) in [5.74, 6) is -0.406. The number of carboxylic acid groups (broad SMARTS) is 1. The number of likely N-dealkylation sites (tertiary alicyclic amines) is 1. The van der Waals surface area contributed by atoms with E-state index in [1.165, 1.54) is 0 Å². The first-order valence-corrected chi connectivity index (χ1v) is 8.90. The molecular weight excluding hydrogens is 290 g/mol. The van der Waals surface area contributed by atoms with Gasteiger partial charge in [0, 0.05) is 19.0 Å². The first kappa shape index (κ1) is 14.5. The Morgan fingerprint density at radius 3 is 2.81 bits per heavy atom. The number of nitrogens with zero attached hydrogens (tertiary/aromatic N) is 1. The maximum Gasteiger partial charge on any atom is 0.303 e. The molecule has 1 N–H and O–H groups in total. The molecule has 2 aliphatic heterocycles. The molecule has 1 aromatic rings. The van der Waals surface area contributed by atoms with Crippen LogP contribution in [0.4, 0.5) is 0 Å². The summed E-state index contributed by atoms with van der Waals surface area (Å²) < 4.78 is 24.3. The van der Waals surface area contributed by atoms with Gasteiger partial charge in [0.1, 0.15) is 0 Å². The van der Waals surface area contributed by atoms with Gasteiger partial charge in [0.15, 0.2) is 9.84 Å². The Morgan fingerprint density at radius 2 is 2.05 bits per heavy atom. The number of benzene rings is 1. The van der Waals surface area contributed by atoms with E-state index in [-0.39, 0.29) is 24.1 Å². The highest BCUT2D eigenvalue weighted by molar-refractivity contribution is 7.91. The lowest BCUT2D eigenvalue weighted by atomic mass is 10.0. The number of carbonyl (C=O) groups is 1. The molecule has 21 heavy (non-hydrogen) atoms. The number of rotatable bonds is 3. The van der Waals surface area contributed by atoms with Gasteiger partial charge in [0.2, 0.25) is 0 Å².